The first-order chi connectivity index (χ1) is 9.15. The fraction of sp³-hybridized carbons (Fsp3) is 0.312. The highest BCUT2D eigenvalue weighted by Crippen LogP contribution is 2.35. The van der Waals surface area contributed by atoms with Crippen LogP contribution in [0.5, 0.6) is 0 Å². The topological polar surface area (TPSA) is 52.3 Å². The molecule has 0 aliphatic heterocycles. The van der Waals surface area contributed by atoms with Gasteiger partial charge in [-0.3, -0.25) is 4.79 Å². The number of hydrogen-bond donors (Lipinski definition) is 1. The molecule has 1 amide bonds. The predicted octanol–water partition coefficient (Wildman–Crippen LogP) is 2.97. The van der Waals surface area contributed by atoms with Crippen molar-refractivity contribution < 1.29 is 9.53 Å². The number of hydrogen-bond acceptors (Lipinski definition) is 2. The van der Waals surface area contributed by atoms with E-state index in [-0.39, 0.29) is 0 Å². The first-order valence-corrected chi connectivity index (χ1v) is 6.49. The molecular formula is C16H19NO2. The third kappa shape index (κ3) is 2.22. The van der Waals surface area contributed by atoms with Gasteiger partial charge in [-0.25, -0.2) is 0 Å². The minimum atomic E-state index is -1.05. The molecular weight excluding hydrogens is 238 g/mol. The molecule has 0 spiro atoms. The normalized spacial score (nSPS) is 14.2. The molecule has 3 nitrogen and oxygen atoms in total. The van der Waals surface area contributed by atoms with Gasteiger partial charge in [0.05, 0.1) is 0 Å². The van der Waals surface area contributed by atoms with E-state index in [1.54, 1.807) is 7.11 Å². The molecule has 0 heterocycles. The average molecular weight is 257 g/mol. The zero-order chi connectivity index (χ0) is 13.9. The van der Waals surface area contributed by atoms with Gasteiger partial charge in [-0.05, 0) is 17.2 Å². The maximum Gasteiger partial charge on any atom is 0.254 e. The first kappa shape index (κ1) is 13.6. The summed E-state index contributed by atoms with van der Waals surface area (Å²) in [4.78, 5) is 12.0. The molecule has 2 aromatic carbocycles. The van der Waals surface area contributed by atoms with Gasteiger partial charge in [0.15, 0.2) is 5.60 Å². The quantitative estimate of drug-likeness (QED) is 0.895. The third-order valence-electron chi connectivity index (χ3n) is 3.57. The lowest BCUT2D eigenvalue weighted by molar-refractivity contribution is -0.142. The summed E-state index contributed by atoms with van der Waals surface area (Å²) in [6.45, 7) is 2.02. The molecule has 0 aliphatic rings. The largest absolute Gasteiger partial charge is 0.367 e. The lowest BCUT2D eigenvalue weighted by Crippen LogP contribution is -2.43. The Hall–Kier alpha value is -1.87. The van der Waals surface area contributed by atoms with Crippen LogP contribution in [0, 0.1) is 0 Å². The molecule has 0 saturated carbocycles. The Labute approximate surface area is 113 Å². The minimum Gasteiger partial charge on any atom is -0.367 e. The van der Waals surface area contributed by atoms with Crippen LogP contribution in [0.3, 0.4) is 0 Å². The Balaban J connectivity index is 2.72. The Bertz CT molecular complexity index is 589. The van der Waals surface area contributed by atoms with Crippen LogP contribution < -0.4 is 5.73 Å². The van der Waals surface area contributed by atoms with Crippen molar-refractivity contribution in [2.45, 2.75) is 25.4 Å². The Morgan fingerprint density at radius 2 is 1.89 bits per heavy atom. The number of benzene rings is 2. The predicted molar refractivity (Wildman–Crippen MR) is 76.7 cm³/mol. The molecule has 0 aromatic heterocycles. The van der Waals surface area contributed by atoms with Crippen molar-refractivity contribution in [3.63, 3.8) is 0 Å². The van der Waals surface area contributed by atoms with Crippen molar-refractivity contribution in [3.05, 3.63) is 48.0 Å². The summed E-state index contributed by atoms with van der Waals surface area (Å²) in [6, 6.07) is 13.8. The molecule has 1 atom stereocenters. The van der Waals surface area contributed by atoms with Gasteiger partial charge in [-0.15, -0.1) is 0 Å². The number of ether oxygens (including phenoxy) is 1. The summed E-state index contributed by atoms with van der Waals surface area (Å²) in [7, 11) is 1.54. The smallest absolute Gasteiger partial charge is 0.254 e. The molecule has 2 aromatic rings. The fourth-order valence-corrected chi connectivity index (χ4v) is 2.63. The van der Waals surface area contributed by atoms with E-state index in [0.717, 1.165) is 22.8 Å². The number of carbonyl (C=O) groups is 1. The molecule has 19 heavy (non-hydrogen) atoms. The lowest BCUT2D eigenvalue weighted by Gasteiger charge is -2.30. The summed E-state index contributed by atoms with van der Waals surface area (Å²) in [5, 5.41) is 2.10. The molecule has 3 heteroatoms. The van der Waals surface area contributed by atoms with E-state index in [0.29, 0.717) is 6.42 Å². The van der Waals surface area contributed by atoms with E-state index in [4.69, 9.17) is 10.5 Å². The van der Waals surface area contributed by atoms with Crippen LogP contribution in [0.15, 0.2) is 42.5 Å². The van der Waals surface area contributed by atoms with E-state index < -0.39 is 11.5 Å². The third-order valence-corrected chi connectivity index (χ3v) is 3.57. The van der Waals surface area contributed by atoms with E-state index in [1.807, 2.05) is 49.4 Å². The highest BCUT2D eigenvalue weighted by atomic mass is 16.5. The summed E-state index contributed by atoms with van der Waals surface area (Å²) < 4.78 is 5.56. The second kappa shape index (κ2) is 5.41. The van der Waals surface area contributed by atoms with Crippen LogP contribution in [0.4, 0.5) is 0 Å². The van der Waals surface area contributed by atoms with Crippen LogP contribution in [-0.4, -0.2) is 13.0 Å². The Kier molecular flexibility index (Phi) is 3.86. The van der Waals surface area contributed by atoms with Gasteiger partial charge >= 0.3 is 0 Å². The lowest BCUT2D eigenvalue weighted by atomic mass is 9.85. The van der Waals surface area contributed by atoms with E-state index >= 15 is 0 Å². The second-order valence-corrected chi connectivity index (χ2v) is 4.67. The van der Waals surface area contributed by atoms with Crippen LogP contribution in [0.1, 0.15) is 25.3 Å². The number of methoxy groups -OCH3 is 1. The molecule has 0 aliphatic carbocycles. The zero-order valence-electron chi connectivity index (χ0n) is 11.3. The number of nitrogens with two attached hydrogens (primary N) is 1. The Morgan fingerprint density at radius 3 is 2.53 bits per heavy atom. The first-order valence-electron chi connectivity index (χ1n) is 6.49. The van der Waals surface area contributed by atoms with Crippen molar-refractivity contribution in [3.8, 4) is 0 Å². The van der Waals surface area contributed by atoms with Crippen LogP contribution >= 0.6 is 0 Å². The average Bonchev–Trinajstić information content (AvgIpc) is 2.44. The molecule has 2 N–H and O–H groups in total. The van der Waals surface area contributed by atoms with Crippen molar-refractivity contribution in [2.75, 3.05) is 7.11 Å². The van der Waals surface area contributed by atoms with Crippen LogP contribution in [0.25, 0.3) is 10.8 Å². The van der Waals surface area contributed by atoms with Gasteiger partial charge in [-0.2, -0.15) is 0 Å². The van der Waals surface area contributed by atoms with E-state index in [1.165, 1.54) is 0 Å². The highest BCUT2D eigenvalue weighted by Gasteiger charge is 2.38. The number of rotatable bonds is 5. The van der Waals surface area contributed by atoms with Crippen molar-refractivity contribution in [1.29, 1.82) is 0 Å². The van der Waals surface area contributed by atoms with Crippen molar-refractivity contribution in [1.82, 2.24) is 0 Å². The molecule has 2 rings (SSSR count). The molecule has 100 valence electrons. The van der Waals surface area contributed by atoms with E-state index in [9.17, 15) is 4.79 Å². The summed E-state index contributed by atoms with van der Waals surface area (Å²) in [6.07, 6.45) is 1.40. The van der Waals surface area contributed by atoms with Gasteiger partial charge in [0.1, 0.15) is 0 Å². The number of fused-ring (bicyclic) bond motifs is 1. The van der Waals surface area contributed by atoms with Crippen LogP contribution in [-0.2, 0) is 15.1 Å². The summed E-state index contributed by atoms with van der Waals surface area (Å²) in [5.74, 6) is -0.437. The Morgan fingerprint density at radius 1 is 1.21 bits per heavy atom. The summed E-state index contributed by atoms with van der Waals surface area (Å²) >= 11 is 0. The number of primary amides is 1. The molecule has 1 unspecified atom stereocenters. The van der Waals surface area contributed by atoms with Gasteiger partial charge in [0, 0.05) is 12.7 Å². The zero-order valence-corrected chi connectivity index (χ0v) is 11.3. The summed E-state index contributed by atoms with van der Waals surface area (Å²) in [5.41, 5.74) is 5.43. The van der Waals surface area contributed by atoms with Gasteiger partial charge in [0.25, 0.3) is 5.91 Å². The van der Waals surface area contributed by atoms with Crippen molar-refractivity contribution >= 4 is 16.7 Å². The van der Waals surface area contributed by atoms with Gasteiger partial charge in [0.2, 0.25) is 0 Å². The second-order valence-electron chi connectivity index (χ2n) is 4.67. The molecule has 0 radical (unpaired) electrons. The standard InChI is InChI=1S/C16H19NO2/c1-3-11-16(19-2,15(17)18)14-10-6-8-12-7-4-5-9-13(12)14/h4-10H,3,11H2,1-2H3,(H2,17,18). The monoisotopic (exact) mass is 257 g/mol. The maximum absolute atomic E-state index is 12.0. The van der Waals surface area contributed by atoms with Gasteiger partial charge < -0.3 is 10.5 Å². The molecule has 0 bridgehead atoms. The fourth-order valence-electron chi connectivity index (χ4n) is 2.63. The van der Waals surface area contributed by atoms with Crippen LogP contribution in [0.2, 0.25) is 0 Å². The number of amides is 1. The molecule has 0 fully saturated rings. The van der Waals surface area contributed by atoms with Crippen molar-refractivity contribution in [2.24, 2.45) is 5.73 Å². The minimum absolute atomic E-state index is 0.437. The number of carbonyl (C=O) groups excluding carboxylic acids is 1. The maximum atomic E-state index is 12.0. The van der Waals surface area contributed by atoms with Gasteiger partial charge in [-0.1, -0.05) is 55.8 Å². The highest BCUT2D eigenvalue weighted by molar-refractivity contribution is 5.94. The van der Waals surface area contributed by atoms with E-state index in [2.05, 4.69) is 0 Å². The SMILES string of the molecule is CCCC(OC)(C(N)=O)c1cccc2ccccc12. The molecule has 0 saturated heterocycles.